The van der Waals surface area contributed by atoms with Gasteiger partial charge in [0.15, 0.2) is 18.5 Å². The second-order valence-electron chi connectivity index (χ2n) is 6.49. The Labute approximate surface area is 167 Å². The summed E-state index contributed by atoms with van der Waals surface area (Å²) in [4.78, 5) is 49.3. The first kappa shape index (κ1) is 20.1. The van der Waals surface area contributed by atoms with Crippen molar-refractivity contribution in [2.45, 2.75) is 20.0 Å². The first-order valence-corrected chi connectivity index (χ1v) is 8.98. The third-order valence-electron chi connectivity index (χ3n) is 4.29. The number of benzene rings is 2. The van der Waals surface area contributed by atoms with E-state index in [1.165, 1.54) is 24.8 Å². The number of para-hydroxylation sites is 2. The van der Waals surface area contributed by atoms with E-state index in [9.17, 15) is 19.2 Å². The number of nitrogens with one attached hydrogen (secondary N) is 1. The van der Waals surface area contributed by atoms with Crippen LogP contribution in [0.25, 0.3) is 0 Å². The van der Waals surface area contributed by atoms with Crippen molar-refractivity contribution < 1.29 is 28.7 Å². The molecule has 1 atom stereocenters. The summed E-state index contributed by atoms with van der Waals surface area (Å²) in [5, 5.41) is 2.69. The zero-order valence-electron chi connectivity index (χ0n) is 16.0. The number of hydrogen-bond donors (Lipinski definition) is 1. The summed E-state index contributed by atoms with van der Waals surface area (Å²) in [5.41, 5.74) is 1.52. The molecule has 0 fully saturated rings. The largest absolute Gasteiger partial charge is 0.482 e. The molecule has 0 aromatic heterocycles. The summed E-state index contributed by atoms with van der Waals surface area (Å²) in [6.07, 6.45) is -1.10. The summed E-state index contributed by atoms with van der Waals surface area (Å²) >= 11 is 0. The van der Waals surface area contributed by atoms with Gasteiger partial charge in [0.05, 0.1) is 11.4 Å². The highest BCUT2D eigenvalue weighted by atomic mass is 16.6. The van der Waals surface area contributed by atoms with Gasteiger partial charge in [0.2, 0.25) is 5.91 Å². The van der Waals surface area contributed by atoms with Gasteiger partial charge in [-0.25, -0.2) is 4.79 Å². The van der Waals surface area contributed by atoms with Gasteiger partial charge < -0.3 is 14.8 Å². The lowest BCUT2D eigenvalue weighted by Gasteiger charge is -2.30. The molecule has 1 heterocycles. The van der Waals surface area contributed by atoms with Gasteiger partial charge in [0, 0.05) is 5.56 Å². The molecular formula is C21H20N2O6. The second kappa shape index (κ2) is 8.55. The van der Waals surface area contributed by atoms with E-state index >= 15 is 0 Å². The number of ketones is 1. The molecule has 0 spiro atoms. The van der Waals surface area contributed by atoms with E-state index < -0.39 is 24.6 Å². The first-order chi connectivity index (χ1) is 13.8. The van der Waals surface area contributed by atoms with Crippen LogP contribution in [0.2, 0.25) is 0 Å². The number of fused-ring (bicyclic) bond motifs is 1. The Kier molecular flexibility index (Phi) is 5.92. The molecule has 150 valence electrons. The highest BCUT2D eigenvalue weighted by Gasteiger charge is 2.31. The molecule has 1 aliphatic rings. The zero-order valence-corrected chi connectivity index (χ0v) is 16.0. The number of anilines is 2. The molecule has 2 amide bonds. The first-order valence-electron chi connectivity index (χ1n) is 8.98. The number of amides is 2. The third-order valence-corrected chi connectivity index (χ3v) is 4.29. The van der Waals surface area contributed by atoms with Crippen LogP contribution in [-0.2, 0) is 19.1 Å². The Bertz CT molecular complexity index is 971. The van der Waals surface area contributed by atoms with Crippen LogP contribution in [0.1, 0.15) is 24.2 Å². The molecule has 1 aliphatic heterocycles. The second-order valence-corrected chi connectivity index (χ2v) is 6.49. The minimum Gasteiger partial charge on any atom is -0.482 e. The maximum Gasteiger partial charge on any atom is 0.344 e. The number of Topliss-reactive ketones (excluding diaryl/α,β-unsaturated/α-hetero) is 1. The molecule has 0 unspecified atom stereocenters. The monoisotopic (exact) mass is 396 g/mol. The molecule has 2 aromatic carbocycles. The maximum absolute atomic E-state index is 12.7. The standard InChI is InChI=1S/C21H20N2O6/c1-13(24)15-6-5-7-16(10-15)28-12-20(26)29-14(2)21(27)23-11-19(25)22-17-8-3-4-9-18(17)23/h3-10,14H,11-12H2,1-2H3,(H,22,25)/t14-/m0/s1. The normalized spacial score (nSPS) is 13.7. The van der Waals surface area contributed by atoms with Gasteiger partial charge >= 0.3 is 5.97 Å². The van der Waals surface area contributed by atoms with Gasteiger partial charge in [0.1, 0.15) is 12.3 Å². The minimum atomic E-state index is -1.10. The van der Waals surface area contributed by atoms with Gasteiger partial charge in [-0.2, -0.15) is 0 Å². The topological polar surface area (TPSA) is 102 Å². The number of carbonyl (C=O) groups excluding carboxylic acids is 4. The van der Waals surface area contributed by atoms with E-state index in [0.717, 1.165) is 0 Å². The van der Waals surface area contributed by atoms with E-state index in [1.54, 1.807) is 42.5 Å². The molecule has 0 radical (unpaired) electrons. The molecular weight excluding hydrogens is 376 g/mol. The van der Waals surface area contributed by atoms with Gasteiger partial charge in [-0.1, -0.05) is 24.3 Å². The van der Waals surface area contributed by atoms with Crippen molar-refractivity contribution in [1.82, 2.24) is 0 Å². The minimum absolute atomic E-state index is 0.122. The predicted molar refractivity (Wildman–Crippen MR) is 105 cm³/mol. The lowest BCUT2D eigenvalue weighted by molar-refractivity contribution is -0.155. The van der Waals surface area contributed by atoms with Crippen molar-refractivity contribution in [1.29, 1.82) is 0 Å². The third kappa shape index (κ3) is 4.78. The Morgan fingerprint density at radius 1 is 1.14 bits per heavy atom. The van der Waals surface area contributed by atoms with Crippen LogP contribution in [0.5, 0.6) is 5.75 Å². The van der Waals surface area contributed by atoms with Crippen molar-refractivity contribution in [3.63, 3.8) is 0 Å². The van der Waals surface area contributed by atoms with Gasteiger partial charge in [-0.15, -0.1) is 0 Å². The van der Waals surface area contributed by atoms with E-state index in [4.69, 9.17) is 9.47 Å². The highest BCUT2D eigenvalue weighted by molar-refractivity contribution is 6.11. The fraction of sp³-hybridized carbons (Fsp3) is 0.238. The quantitative estimate of drug-likeness (QED) is 0.593. The van der Waals surface area contributed by atoms with Crippen molar-refractivity contribution in [3.8, 4) is 5.75 Å². The van der Waals surface area contributed by atoms with E-state index in [0.29, 0.717) is 22.7 Å². The average molecular weight is 396 g/mol. The fourth-order valence-electron chi connectivity index (χ4n) is 2.88. The summed E-state index contributed by atoms with van der Waals surface area (Å²) in [7, 11) is 0. The molecule has 0 saturated carbocycles. The Balaban J connectivity index is 1.60. The van der Waals surface area contributed by atoms with E-state index in [1.807, 2.05) is 0 Å². The van der Waals surface area contributed by atoms with Crippen molar-refractivity contribution in [3.05, 3.63) is 54.1 Å². The maximum atomic E-state index is 12.7. The van der Waals surface area contributed by atoms with E-state index in [2.05, 4.69) is 5.32 Å². The summed E-state index contributed by atoms with van der Waals surface area (Å²) < 4.78 is 10.5. The number of rotatable bonds is 6. The SMILES string of the molecule is CC(=O)c1cccc(OCC(=O)O[C@@H](C)C(=O)N2CC(=O)Nc3ccccc32)c1. The van der Waals surface area contributed by atoms with Crippen LogP contribution in [0.15, 0.2) is 48.5 Å². The molecule has 1 N–H and O–H groups in total. The predicted octanol–water partition coefficient (Wildman–Crippen LogP) is 2.18. The Morgan fingerprint density at radius 2 is 1.90 bits per heavy atom. The number of esters is 1. The smallest absolute Gasteiger partial charge is 0.344 e. The van der Waals surface area contributed by atoms with Crippen LogP contribution in [0.3, 0.4) is 0 Å². The number of ether oxygens (including phenoxy) is 2. The van der Waals surface area contributed by atoms with Crippen molar-refractivity contribution in [2.24, 2.45) is 0 Å². The van der Waals surface area contributed by atoms with E-state index in [-0.39, 0.29) is 18.2 Å². The summed E-state index contributed by atoms with van der Waals surface area (Å²) in [6, 6.07) is 13.3. The summed E-state index contributed by atoms with van der Waals surface area (Å²) in [6.45, 7) is 2.29. The van der Waals surface area contributed by atoms with Crippen LogP contribution >= 0.6 is 0 Å². The molecule has 0 bridgehead atoms. The lowest BCUT2D eigenvalue weighted by atomic mass is 10.1. The molecule has 29 heavy (non-hydrogen) atoms. The van der Waals surface area contributed by atoms with Crippen molar-refractivity contribution in [2.75, 3.05) is 23.4 Å². The molecule has 8 nitrogen and oxygen atoms in total. The fourth-order valence-corrected chi connectivity index (χ4v) is 2.88. The Morgan fingerprint density at radius 3 is 2.66 bits per heavy atom. The van der Waals surface area contributed by atoms with Gasteiger partial charge in [0.25, 0.3) is 5.91 Å². The number of nitrogens with zero attached hydrogens (tertiary/aromatic N) is 1. The van der Waals surface area contributed by atoms with Crippen LogP contribution < -0.4 is 15.0 Å². The average Bonchev–Trinajstić information content (AvgIpc) is 2.71. The Hall–Kier alpha value is -3.68. The van der Waals surface area contributed by atoms with Crippen molar-refractivity contribution >= 4 is 34.9 Å². The molecule has 3 rings (SSSR count). The number of hydrogen-bond acceptors (Lipinski definition) is 6. The lowest BCUT2D eigenvalue weighted by Crippen LogP contribution is -2.47. The van der Waals surface area contributed by atoms with Gasteiger partial charge in [-0.05, 0) is 38.1 Å². The van der Waals surface area contributed by atoms with Gasteiger partial charge in [-0.3, -0.25) is 19.3 Å². The van der Waals surface area contributed by atoms with Crippen LogP contribution in [0.4, 0.5) is 11.4 Å². The zero-order chi connectivity index (χ0) is 21.0. The van der Waals surface area contributed by atoms with Crippen LogP contribution in [-0.4, -0.2) is 42.8 Å². The molecule has 0 saturated heterocycles. The number of carbonyl (C=O) groups is 4. The molecule has 2 aromatic rings. The van der Waals surface area contributed by atoms with Crippen LogP contribution in [0, 0.1) is 0 Å². The summed E-state index contributed by atoms with van der Waals surface area (Å²) in [5.74, 6) is -1.37. The molecule has 8 heteroatoms. The molecule has 0 aliphatic carbocycles. The highest BCUT2D eigenvalue weighted by Crippen LogP contribution is 2.29.